The molecule has 4 aliphatic rings. The number of aryl methyl sites for hydroxylation is 1. The van der Waals surface area contributed by atoms with E-state index in [0.29, 0.717) is 40.3 Å². The number of hydrogen-bond acceptors (Lipinski definition) is 19. The van der Waals surface area contributed by atoms with Gasteiger partial charge in [-0.15, -0.1) is 21.5 Å². The van der Waals surface area contributed by atoms with Crippen molar-refractivity contribution in [3.05, 3.63) is 132 Å². The number of carbonyl (C=O) groups excluding carboxylic acids is 2. The molecule has 4 N–H and O–H groups in total. The maximum absolute atomic E-state index is 14.1. The summed E-state index contributed by atoms with van der Waals surface area (Å²) in [7, 11) is 1.59. The SMILES string of the molecule is COCOc1ccccc1-c1cc(N2CC3CCC(C2)N3c2ccnc(OC3CC(Oc4ccc(/C=C/COc5cc(C(C(=O)N6C[C@H](O)C[C@H]6C(=O)NCc6ccc(-c7scnc7C)cc6)C(C)C)on5)nc4)C3)c2)c(N)nn1. The third-order valence-electron chi connectivity index (χ3n) is 15.2. The highest BCUT2D eigenvalue weighted by Gasteiger charge is 2.44. The number of fused-ring (bicyclic) bond motifs is 2. The Morgan fingerprint density at radius 1 is 0.900 bits per heavy atom. The maximum Gasteiger partial charge on any atom is 0.254 e. The van der Waals surface area contributed by atoms with Gasteiger partial charge in [-0.25, -0.2) is 9.97 Å². The molecule has 4 fully saturated rings. The number of ether oxygens (including phenoxy) is 5. The molecular formula is C59H65N11O9S. The van der Waals surface area contributed by atoms with Crippen molar-refractivity contribution >= 4 is 46.4 Å². The molecule has 2 bridgehead atoms. The number of nitrogens with two attached hydrogens (primary N) is 1. The summed E-state index contributed by atoms with van der Waals surface area (Å²) >= 11 is 1.58. The molecule has 2 amide bonds. The number of aliphatic hydroxyl groups is 1. The van der Waals surface area contributed by atoms with Crippen LogP contribution in [0.5, 0.6) is 23.3 Å². The number of nitrogens with one attached hydrogen (secondary N) is 1. The molecule has 5 atom stereocenters. The number of aromatic nitrogens is 6. The van der Waals surface area contributed by atoms with E-state index in [0.717, 1.165) is 77.4 Å². The van der Waals surface area contributed by atoms with Gasteiger partial charge in [-0.1, -0.05) is 50.2 Å². The van der Waals surface area contributed by atoms with Gasteiger partial charge in [-0.05, 0) is 90.5 Å². The Morgan fingerprint density at radius 3 is 2.45 bits per heavy atom. The van der Waals surface area contributed by atoms with Crippen LogP contribution >= 0.6 is 11.3 Å². The summed E-state index contributed by atoms with van der Waals surface area (Å²) in [5.74, 6) is 1.26. The number of benzene rings is 2. The van der Waals surface area contributed by atoms with Gasteiger partial charge in [0.1, 0.15) is 42.3 Å². The minimum atomic E-state index is -0.835. The lowest BCUT2D eigenvalue weighted by molar-refractivity contribution is -0.141. The number of amides is 2. The number of thiazole rings is 1. The van der Waals surface area contributed by atoms with Crippen LogP contribution in [-0.4, -0.2) is 129 Å². The van der Waals surface area contributed by atoms with Crippen LogP contribution in [0.4, 0.5) is 17.2 Å². The van der Waals surface area contributed by atoms with Crippen LogP contribution in [0.1, 0.15) is 74.6 Å². The lowest BCUT2D eigenvalue weighted by Crippen LogP contribution is -2.54. The summed E-state index contributed by atoms with van der Waals surface area (Å²) in [5, 5.41) is 26.5. The quantitative estimate of drug-likeness (QED) is 0.0580. The predicted octanol–water partition coefficient (Wildman–Crippen LogP) is 7.87. The summed E-state index contributed by atoms with van der Waals surface area (Å²) in [4.78, 5) is 48.5. The summed E-state index contributed by atoms with van der Waals surface area (Å²) in [6.45, 7) is 7.97. The lowest BCUT2D eigenvalue weighted by Gasteiger charge is -2.43. The highest BCUT2D eigenvalue weighted by Crippen LogP contribution is 2.41. The molecule has 8 heterocycles. The second kappa shape index (κ2) is 24.1. The van der Waals surface area contributed by atoms with Gasteiger partial charge in [0, 0.05) is 94.2 Å². The van der Waals surface area contributed by atoms with Gasteiger partial charge in [0.15, 0.2) is 18.4 Å². The fraction of sp³-hybridized carbons (Fsp3) is 0.390. The fourth-order valence-electron chi connectivity index (χ4n) is 11.1. The molecule has 416 valence electrons. The number of methoxy groups -OCH3 is 1. The van der Waals surface area contributed by atoms with Crippen molar-refractivity contribution in [3.63, 3.8) is 0 Å². The third-order valence-corrected chi connectivity index (χ3v) is 16.2. The monoisotopic (exact) mass is 1100 g/mol. The van der Waals surface area contributed by atoms with Crippen LogP contribution < -0.4 is 39.8 Å². The Hall–Kier alpha value is -8.14. The number of nitrogens with zero attached hydrogens (tertiary/aromatic N) is 9. The van der Waals surface area contributed by atoms with Gasteiger partial charge >= 0.3 is 0 Å². The van der Waals surface area contributed by atoms with Crippen LogP contribution in [0.15, 0.2) is 113 Å². The highest BCUT2D eigenvalue weighted by molar-refractivity contribution is 7.13. The number of β-amino-alcohol motifs (C(OH)–C–C–N with tert-alkyl or cyclic N) is 1. The molecule has 7 aromatic rings. The smallest absolute Gasteiger partial charge is 0.254 e. The zero-order chi connectivity index (χ0) is 55.3. The largest absolute Gasteiger partial charge is 0.489 e. The first-order valence-corrected chi connectivity index (χ1v) is 28.0. The van der Waals surface area contributed by atoms with E-state index in [1.807, 2.05) is 111 Å². The van der Waals surface area contributed by atoms with Crippen molar-refractivity contribution in [1.29, 1.82) is 0 Å². The molecule has 2 aromatic carbocycles. The van der Waals surface area contributed by atoms with Crippen LogP contribution in [0, 0.1) is 12.8 Å². The van der Waals surface area contributed by atoms with E-state index in [2.05, 4.69) is 57.6 Å². The van der Waals surface area contributed by atoms with Crippen LogP contribution in [-0.2, 0) is 20.9 Å². The first kappa shape index (κ1) is 53.8. The number of nitrogen functional groups attached to an aromatic ring is 1. The van der Waals surface area contributed by atoms with Gasteiger partial charge < -0.3 is 59.1 Å². The van der Waals surface area contributed by atoms with Crippen molar-refractivity contribution < 1.29 is 42.9 Å². The number of para-hydroxylation sites is 1. The molecule has 80 heavy (non-hydrogen) atoms. The molecule has 0 radical (unpaired) electrons. The molecule has 3 aliphatic heterocycles. The number of hydrogen-bond donors (Lipinski definition) is 3. The summed E-state index contributed by atoms with van der Waals surface area (Å²) in [6.07, 6.45) is 10.0. The lowest BCUT2D eigenvalue weighted by atomic mass is 9.91. The van der Waals surface area contributed by atoms with E-state index < -0.39 is 18.1 Å². The van der Waals surface area contributed by atoms with E-state index in [4.69, 9.17) is 33.9 Å². The van der Waals surface area contributed by atoms with Gasteiger partial charge in [-0.3, -0.25) is 14.6 Å². The fourth-order valence-corrected chi connectivity index (χ4v) is 12.0. The summed E-state index contributed by atoms with van der Waals surface area (Å²) in [5.41, 5.74) is 15.4. The number of pyridine rings is 2. The van der Waals surface area contributed by atoms with E-state index in [9.17, 15) is 14.7 Å². The van der Waals surface area contributed by atoms with Crippen molar-refractivity contribution in [2.45, 2.75) is 102 Å². The highest BCUT2D eigenvalue weighted by atomic mass is 32.1. The number of carbonyl (C=O) groups is 2. The van der Waals surface area contributed by atoms with Crippen molar-refractivity contribution in [2.24, 2.45) is 5.92 Å². The molecule has 20 nitrogen and oxygen atoms in total. The Morgan fingerprint density at radius 2 is 1.70 bits per heavy atom. The minimum Gasteiger partial charge on any atom is -0.489 e. The summed E-state index contributed by atoms with van der Waals surface area (Å²) < 4.78 is 35.1. The Labute approximate surface area is 467 Å². The molecule has 1 aliphatic carbocycles. The molecule has 11 rings (SSSR count). The predicted molar refractivity (Wildman–Crippen MR) is 301 cm³/mol. The number of anilines is 3. The number of likely N-dealkylation sites (tertiary alicyclic amines) is 1. The molecule has 5 aromatic heterocycles. The van der Waals surface area contributed by atoms with E-state index in [1.165, 1.54) is 4.90 Å². The Bertz CT molecular complexity index is 3280. The Kier molecular flexibility index (Phi) is 16.2. The molecule has 1 saturated carbocycles. The van der Waals surface area contributed by atoms with Crippen LogP contribution in [0.2, 0.25) is 0 Å². The normalized spacial score (nSPS) is 20.9. The van der Waals surface area contributed by atoms with Gasteiger partial charge in [0.2, 0.25) is 17.7 Å². The average molecular weight is 1100 g/mol. The Balaban J connectivity index is 0.619. The molecule has 3 unspecified atom stereocenters. The van der Waals surface area contributed by atoms with Crippen molar-refractivity contribution in [1.82, 2.24) is 40.5 Å². The van der Waals surface area contributed by atoms with Gasteiger partial charge in [0.05, 0.1) is 45.5 Å². The molecule has 21 heteroatoms. The average Bonchev–Trinajstić information content (AvgIpc) is 4.31. The minimum absolute atomic E-state index is 0.00861. The number of piperazine rings is 1. The van der Waals surface area contributed by atoms with E-state index >= 15 is 0 Å². The maximum atomic E-state index is 14.1. The standard InChI is InChI=1S/C59H65N11O9S/c1-35(2)55(59(73)69-32-43(71)23-50(69)58(72)63-28-37-11-13-38(14-12-37)56-36(3)64-33-80-56)52-27-54(67-79-52)75-21-7-8-39-15-18-44(29-62-39)77-45-24-46(25-45)78-53-22-40(19-20-61-53)70-41-16-17-42(70)31-68(30-41)49-26-48(65-66-57(49)60)47-9-5-6-10-51(47)76-34-74-4/h5-15,18-20,22,26-27,29,33,35,41-43,45-46,50,55,71H,16-17,21,23-25,28,30-32,34H2,1-4H3,(H2,60,66)(H,63,72)/b8-7+/t41?,42?,43-,45?,46?,50+,55?/m1/s1. The second-order valence-corrected chi connectivity index (χ2v) is 21.9. The van der Waals surface area contributed by atoms with Gasteiger partial charge in [0.25, 0.3) is 5.88 Å². The summed E-state index contributed by atoms with van der Waals surface area (Å²) in [6, 6.07) is 26.9. The molecule has 0 spiro atoms. The zero-order valence-electron chi connectivity index (χ0n) is 45.1. The zero-order valence-corrected chi connectivity index (χ0v) is 45.9. The third kappa shape index (κ3) is 12.0. The number of aliphatic hydroxyl groups excluding tert-OH is 1. The van der Waals surface area contributed by atoms with Gasteiger partial charge in [-0.2, -0.15) is 0 Å². The topological polar surface area (TPSA) is 239 Å². The molecular weight excluding hydrogens is 1040 g/mol. The second-order valence-electron chi connectivity index (χ2n) is 21.0. The molecule has 3 saturated heterocycles. The first-order chi connectivity index (χ1) is 38.9. The van der Waals surface area contributed by atoms with E-state index in [1.54, 1.807) is 30.7 Å². The first-order valence-electron chi connectivity index (χ1n) is 27.1. The van der Waals surface area contributed by atoms with Crippen molar-refractivity contribution in [3.8, 4) is 45.0 Å². The number of rotatable bonds is 21. The van der Waals surface area contributed by atoms with Crippen molar-refractivity contribution in [2.75, 3.05) is 55.7 Å². The van der Waals surface area contributed by atoms with Crippen LogP contribution in [0.25, 0.3) is 27.8 Å². The van der Waals surface area contributed by atoms with Crippen LogP contribution in [0.3, 0.4) is 0 Å². The van der Waals surface area contributed by atoms with E-state index in [-0.39, 0.29) is 80.8 Å².